The Hall–Kier alpha value is -2.87. The van der Waals surface area contributed by atoms with Crippen molar-refractivity contribution in [3.05, 3.63) is 65.2 Å². The van der Waals surface area contributed by atoms with Gasteiger partial charge in [0.1, 0.15) is 12.6 Å². The third-order valence-corrected chi connectivity index (χ3v) is 6.92. The second-order valence-corrected chi connectivity index (χ2v) is 11.5. The molecule has 1 atom stereocenters. The molecule has 0 aliphatic carbocycles. The molecule has 0 radical (unpaired) electrons. The summed E-state index contributed by atoms with van der Waals surface area (Å²) in [4.78, 5) is 28.3. The molecule has 1 N–H and O–H groups in total. The Bertz CT molecular complexity index is 1110. The van der Waals surface area contributed by atoms with Gasteiger partial charge in [0.05, 0.1) is 11.9 Å². The number of nitrogens with one attached hydrogen (secondary N) is 1. The van der Waals surface area contributed by atoms with Crippen molar-refractivity contribution in [3.63, 3.8) is 0 Å². The number of carbonyl (C=O) groups excluding carboxylic acids is 2. The normalized spacial score (nSPS) is 12.5. The van der Waals surface area contributed by atoms with Crippen LogP contribution in [0.3, 0.4) is 0 Å². The van der Waals surface area contributed by atoms with Crippen LogP contribution in [0.4, 0.5) is 5.69 Å². The molecule has 0 aliphatic rings. The molecule has 0 bridgehead atoms. The van der Waals surface area contributed by atoms with Gasteiger partial charge in [0.25, 0.3) is 0 Å². The van der Waals surface area contributed by atoms with Gasteiger partial charge in [-0.1, -0.05) is 68.8 Å². The van der Waals surface area contributed by atoms with Crippen LogP contribution in [0, 0.1) is 6.92 Å². The van der Waals surface area contributed by atoms with Crippen LogP contribution in [-0.2, 0) is 26.2 Å². The number of amides is 2. The van der Waals surface area contributed by atoms with Gasteiger partial charge in [0.2, 0.25) is 21.8 Å². The summed E-state index contributed by atoms with van der Waals surface area (Å²) in [7, 11) is -3.77. The smallest absolute Gasteiger partial charge is 0.244 e. The summed E-state index contributed by atoms with van der Waals surface area (Å²) in [6, 6.07) is 14.1. The minimum absolute atomic E-state index is 0.0643. The quantitative estimate of drug-likeness (QED) is 0.500. The zero-order valence-electron chi connectivity index (χ0n) is 21.9. The third kappa shape index (κ3) is 7.82. The Labute approximate surface area is 210 Å². The molecule has 0 aliphatic heterocycles. The number of rotatable bonds is 11. The van der Waals surface area contributed by atoms with Gasteiger partial charge in [-0.2, -0.15) is 0 Å². The Morgan fingerprint density at radius 3 is 2.09 bits per heavy atom. The lowest BCUT2D eigenvalue weighted by Crippen LogP contribution is -2.53. The highest BCUT2D eigenvalue weighted by molar-refractivity contribution is 7.92. The molecule has 2 rings (SSSR count). The van der Waals surface area contributed by atoms with E-state index in [1.54, 1.807) is 12.1 Å². The van der Waals surface area contributed by atoms with Gasteiger partial charge in [-0.25, -0.2) is 8.42 Å². The van der Waals surface area contributed by atoms with Crippen LogP contribution in [0.5, 0.6) is 0 Å². The van der Waals surface area contributed by atoms with E-state index in [2.05, 4.69) is 5.32 Å². The van der Waals surface area contributed by atoms with E-state index in [1.807, 2.05) is 77.9 Å². The molecule has 7 nitrogen and oxygen atoms in total. The zero-order chi connectivity index (χ0) is 26.3. The monoisotopic (exact) mass is 501 g/mol. The lowest BCUT2D eigenvalue weighted by molar-refractivity contribution is -0.140. The summed E-state index contributed by atoms with van der Waals surface area (Å²) in [5, 5.41) is 2.90. The topological polar surface area (TPSA) is 86.8 Å². The molecule has 0 spiro atoms. The van der Waals surface area contributed by atoms with Crippen LogP contribution in [0.1, 0.15) is 63.6 Å². The SMILES string of the molecule is CCC(C(=O)NC(C)C)N(Cc1ccc(C)cc1)C(=O)CN(c1ccccc1C(C)C)S(C)(=O)=O. The van der Waals surface area contributed by atoms with Gasteiger partial charge in [-0.15, -0.1) is 0 Å². The van der Waals surface area contributed by atoms with Crippen LogP contribution in [0.25, 0.3) is 0 Å². The van der Waals surface area contributed by atoms with E-state index >= 15 is 0 Å². The first-order valence-electron chi connectivity index (χ1n) is 12.1. The van der Waals surface area contributed by atoms with E-state index in [0.29, 0.717) is 12.1 Å². The Morgan fingerprint density at radius 1 is 0.971 bits per heavy atom. The third-order valence-electron chi connectivity index (χ3n) is 5.80. The van der Waals surface area contributed by atoms with Crippen molar-refractivity contribution >= 4 is 27.5 Å². The Kier molecular flexibility index (Phi) is 9.89. The van der Waals surface area contributed by atoms with E-state index in [4.69, 9.17) is 0 Å². The predicted octanol–water partition coefficient (Wildman–Crippen LogP) is 4.22. The molecule has 2 aromatic carbocycles. The number of para-hydroxylation sites is 1. The summed E-state index contributed by atoms with van der Waals surface area (Å²) in [5.41, 5.74) is 3.27. The van der Waals surface area contributed by atoms with E-state index in [-0.39, 0.29) is 31.0 Å². The van der Waals surface area contributed by atoms with Crippen LogP contribution < -0.4 is 9.62 Å². The summed E-state index contributed by atoms with van der Waals surface area (Å²) >= 11 is 0. The second kappa shape index (κ2) is 12.2. The van der Waals surface area contributed by atoms with E-state index in [1.165, 1.54) is 4.90 Å². The van der Waals surface area contributed by atoms with Crippen molar-refractivity contribution in [2.75, 3.05) is 17.1 Å². The van der Waals surface area contributed by atoms with Crippen LogP contribution in [0.15, 0.2) is 48.5 Å². The average Bonchev–Trinajstić information content (AvgIpc) is 2.77. The number of hydrogen-bond acceptors (Lipinski definition) is 4. The standard InChI is InChI=1S/C27H39N3O4S/c1-8-24(27(32)28-20(4)5)29(17-22-15-13-21(6)14-16-22)26(31)18-30(35(7,33)34)25-12-10-9-11-23(25)19(2)3/h9-16,19-20,24H,8,17-18H2,1-7H3,(H,28,32). The number of carbonyl (C=O) groups is 2. The molecule has 35 heavy (non-hydrogen) atoms. The van der Waals surface area contributed by atoms with E-state index in [0.717, 1.165) is 27.3 Å². The first-order valence-corrected chi connectivity index (χ1v) is 13.9. The highest BCUT2D eigenvalue weighted by Crippen LogP contribution is 2.29. The number of benzene rings is 2. The fraction of sp³-hybridized carbons (Fsp3) is 0.481. The molecule has 1 unspecified atom stereocenters. The van der Waals surface area contributed by atoms with Gasteiger partial charge in [-0.05, 0) is 50.3 Å². The molecule has 2 aromatic rings. The molecule has 0 aromatic heterocycles. The summed E-state index contributed by atoms with van der Waals surface area (Å²) in [5.74, 6) is -0.619. The van der Waals surface area contributed by atoms with E-state index < -0.39 is 22.0 Å². The molecular weight excluding hydrogens is 462 g/mol. The molecule has 0 saturated carbocycles. The first kappa shape index (κ1) is 28.4. The first-order chi connectivity index (χ1) is 16.3. The highest BCUT2D eigenvalue weighted by Gasteiger charge is 2.32. The molecular formula is C27H39N3O4S. The van der Waals surface area contributed by atoms with Crippen molar-refractivity contribution in [2.24, 2.45) is 0 Å². The van der Waals surface area contributed by atoms with Gasteiger partial charge < -0.3 is 10.2 Å². The Morgan fingerprint density at radius 2 is 1.57 bits per heavy atom. The van der Waals surface area contributed by atoms with Crippen molar-refractivity contribution in [3.8, 4) is 0 Å². The number of anilines is 1. The summed E-state index contributed by atoms with van der Waals surface area (Å²) in [6.07, 6.45) is 1.50. The number of sulfonamides is 1. The molecule has 8 heteroatoms. The average molecular weight is 502 g/mol. The molecule has 0 heterocycles. The summed E-state index contributed by atoms with van der Waals surface area (Å²) in [6.45, 7) is 11.3. The van der Waals surface area contributed by atoms with Crippen molar-refractivity contribution < 1.29 is 18.0 Å². The zero-order valence-corrected chi connectivity index (χ0v) is 22.7. The number of hydrogen-bond donors (Lipinski definition) is 1. The van der Waals surface area contributed by atoms with Gasteiger partial charge in [0, 0.05) is 12.6 Å². The fourth-order valence-corrected chi connectivity index (χ4v) is 4.86. The lowest BCUT2D eigenvalue weighted by atomic mass is 10.0. The van der Waals surface area contributed by atoms with Crippen LogP contribution in [-0.4, -0.2) is 50.0 Å². The minimum Gasteiger partial charge on any atom is -0.352 e. The molecule has 0 saturated heterocycles. The van der Waals surface area contributed by atoms with Crippen LogP contribution in [0.2, 0.25) is 0 Å². The largest absolute Gasteiger partial charge is 0.352 e. The predicted molar refractivity (Wildman–Crippen MR) is 142 cm³/mol. The van der Waals surface area contributed by atoms with Crippen molar-refractivity contribution in [1.82, 2.24) is 10.2 Å². The number of aryl methyl sites for hydroxylation is 1. The van der Waals surface area contributed by atoms with E-state index in [9.17, 15) is 18.0 Å². The second-order valence-electron chi connectivity index (χ2n) is 9.58. The number of nitrogens with zero attached hydrogens (tertiary/aromatic N) is 2. The Balaban J connectivity index is 2.50. The molecule has 2 amide bonds. The van der Waals surface area contributed by atoms with Gasteiger partial charge in [0.15, 0.2) is 0 Å². The maximum Gasteiger partial charge on any atom is 0.244 e. The maximum absolute atomic E-state index is 13.8. The summed E-state index contributed by atoms with van der Waals surface area (Å²) < 4.78 is 26.9. The lowest BCUT2D eigenvalue weighted by Gasteiger charge is -2.33. The highest BCUT2D eigenvalue weighted by atomic mass is 32.2. The van der Waals surface area contributed by atoms with Gasteiger partial charge >= 0.3 is 0 Å². The minimum atomic E-state index is -3.77. The molecule has 192 valence electrons. The van der Waals surface area contributed by atoms with Crippen molar-refractivity contribution in [2.45, 2.75) is 72.5 Å². The maximum atomic E-state index is 13.8. The van der Waals surface area contributed by atoms with Gasteiger partial charge in [-0.3, -0.25) is 13.9 Å². The van der Waals surface area contributed by atoms with Crippen molar-refractivity contribution in [1.29, 1.82) is 0 Å². The molecule has 0 fully saturated rings. The van der Waals surface area contributed by atoms with Crippen LogP contribution >= 0.6 is 0 Å². The fourth-order valence-electron chi connectivity index (χ4n) is 3.99.